The summed E-state index contributed by atoms with van der Waals surface area (Å²) in [5.74, 6) is -0.843. The zero-order valence-electron chi connectivity index (χ0n) is 22.2. The van der Waals surface area contributed by atoms with Crippen LogP contribution in [0.25, 0.3) is 0 Å². The lowest BCUT2D eigenvalue weighted by molar-refractivity contribution is -0.140. The molecule has 0 aromatic heterocycles. The van der Waals surface area contributed by atoms with Crippen LogP contribution in [-0.4, -0.2) is 44.3 Å². The molecule has 3 aromatic rings. The van der Waals surface area contributed by atoms with Crippen LogP contribution in [0.2, 0.25) is 10.0 Å². The van der Waals surface area contributed by atoms with E-state index in [2.05, 4.69) is 5.32 Å². The third kappa shape index (κ3) is 7.75. The monoisotopic (exact) mass is 589 g/mol. The van der Waals surface area contributed by atoms with Gasteiger partial charge in [0.05, 0.1) is 15.6 Å². The Morgan fingerprint density at radius 3 is 2.31 bits per heavy atom. The van der Waals surface area contributed by atoms with Gasteiger partial charge in [0, 0.05) is 18.1 Å². The van der Waals surface area contributed by atoms with Gasteiger partial charge in [-0.05, 0) is 55.7 Å². The Labute approximate surface area is 240 Å². The number of nitrogens with zero attached hydrogens (tertiary/aromatic N) is 2. The summed E-state index contributed by atoms with van der Waals surface area (Å²) in [6, 6.07) is 19.0. The molecule has 0 radical (unpaired) electrons. The number of hydrogen-bond acceptors (Lipinski definition) is 4. The van der Waals surface area contributed by atoms with Crippen molar-refractivity contribution in [3.63, 3.8) is 0 Å². The standard InChI is InChI=1S/C29H33Cl2N3O4S/c1-4-16-32-29(36)26(5-2)33(19-22-11-9-10-21(3)17-22)28(35)20-34(27-18-23(30)14-15-25(27)31)39(37,38)24-12-7-6-8-13-24/h6-15,17-18,26H,4-5,16,19-20H2,1-3H3,(H,32,36)/t26-/m1/s1. The molecule has 208 valence electrons. The summed E-state index contributed by atoms with van der Waals surface area (Å²) in [7, 11) is -4.23. The summed E-state index contributed by atoms with van der Waals surface area (Å²) in [4.78, 5) is 28.6. The van der Waals surface area contributed by atoms with Crippen molar-refractivity contribution in [3.05, 3.63) is 94.0 Å². The summed E-state index contributed by atoms with van der Waals surface area (Å²) in [6.45, 7) is 5.71. The van der Waals surface area contributed by atoms with E-state index < -0.39 is 28.5 Å². The first-order chi connectivity index (χ1) is 18.6. The molecule has 0 saturated heterocycles. The molecule has 1 atom stereocenters. The third-order valence-electron chi connectivity index (χ3n) is 6.16. The second kappa shape index (κ2) is 13.8. The second-order valence-corrected chi connectivity index (χ2v) is 11.9. The van der Waals surface area contributed by atoms with Gasteiger partial charge >= 0.3 is 0 Å². The summed E-state index contributed by atoms with van der Waals surface area (Å²) in [6.07, 6.45) is 1.08. The third-order valence-corrected chi connectivity index (χ3v) is 8.49. The normalized spacial score (nSPS) is 12.0. The van der Waals surface area contributed by atoms with Gasteiger partial charge in [0.1, 0.15) is 12.6 Å². The van der Waals surface area contributed by atoms with Gasteiger partial charge in [-0.1, -0.05) is 85.1 Å². The highest BCUT2D eigenvalue weighted by atomic mass is 35.5. The van der Waals surface area contributed by atoms with Gasteiger partial charge in [0.2, 0.25) is 11.8 Å². The molecule has 0 unspecified atom stereocenters. The van der Waals surface area contributed by atoms with E-state index in [-0.39, 0.29) is 33.1 Å². The van der Waals surface area contributed by atoms with E-state index in [0.717, 1.165) is 21.9 Å². The lowest BCUT2D eigenvalue weighted by Gasteiger charge is -2.33. The summed E-state index contributed by atoms with van der Waals surface area (Å²) in [5.41, 5.74) is 1.89. The Morgan fingerprint density at radius 1 is 0.949 bits per heavy atom. The van der Waals surface area contributed by atoms with Crippen LogP contribution < -0.4 is 9.62 Å². The number of amides is 2. The van der Waals surface area contributed by atoms with Crippen molar-refractivity contribution in [2.24, 2.45) is 0 Å². The van der Waals surface area contributed by atoms with E-state index in [1.54, 1.807) is 18.2 Å². The maximum atomic E-state index is 14.0. The van der Waals surface area contributed by atoms with Crippen molar-refractivity contribution in [1.82, 2.24) is 10.2 Å². The minimum Gasteiger partial charge on any atom is -0.354 e. The molecule has 0 spiro atoms. The molecule has 3 aromatic carbocycles. The SMILES string of the molecule is CCCNC(=O)[C@@H](CC)N(Cc1cccc(C)c1)C(=O)CN(c1cc(Cl)ccc1Cl)S(=O)(=O)c1ccccc1. The first-order valence-corrected chi connectivity index (χ1v) is 14.9. The molecule has 0 aliphatic carbocycles. The van der Waals surface area contributed by atoms with Crippen LogP contribution in [0.4, 0.5) is 5.69 Å². The van der Waals surface area contributed by atoms with Gasteiger partial charge in [-0.2, -0.15) is 0 Å². The van der Waals surface area contributed by atoms with E-state index in [1.165, 1.54) is 35.2 Å². The van der Waals surface area contributed by atoms with Crippen molar-refractivity contribution < 1.29 is 18.0 Å². The maximum absolute atomic E-state index is 14.0. The van der Waals surface area contributed by atoms with E-state index in [9.17, 15) is 18.0 Å². The molecular weight excluding hydrogens is 557 g/mol. The fraction of sp³-hybridized carbons (Fsp3) is 0.310. The number of rotatable bonds is 12. The van der Waals surface area contributed by atoms with Crippen LogP contribution in [0, 0.1) is 6.92 Å². The van der Waals surface area contributed by atoms with Crippen LogP contribution >= 0.6 is 23.2 Å². The van der Waals surface area contributed by atoms with Crippen molar-refractivity contribution in [2.75, 3.05) is 17.4 Å². The van der Waals surface area contributed by atoms with Crippen LogP contribution in [0.5, 0.6) is 0 Å². The van der Waals surface area contributed by atoms with E-state index >= 15 is 0 Å². The van der Waals surface area contributed by atoms with Crippen molar-refractivity contribution in [1.29, 1.82) is 0 Å². The Bertz CT molecular complexity index is 1400. The average Bonchev–Trinajstić information content (AvgIpc) is 2.92. The quantitative estimate of drug-likeness (QED) is 0.288. The van der Waals surface area contributed by atoms with Crippen molar-refractivity contribution >= 4 is 50.7 Å². The number of carbonyl (C=O) groups is 2. The van der Waals surface area contributed by atoms with Crippen LogP contribution in [0.15, 0.2) is 77.7 Å². The number of sulfonamides is 1. The Hall–Kier alpha value is -3.07. The molecule has 10 heteroatoms. The zero-order valence-corrected chi connectivity index (χ0v) is 24.6. The van der Waals surface area contributed by atoms with Crippen molar-refractivity contribution in [2.45, 2.75) is 51.1 Å². The number of halogens is 2. The molecular formula is C29H33Cl2N3O4S. The molecule has 0 saturated carbocycles. The van der Waals surface area contributed by atoms with Gasteiger partial charge in [-0.15, -0.1) is 0 Å². The van der Waals surface area contributed by atoms with E-state index in [0.29, 0.717) is 13.0 Å². The summed E-state index contributed by atoms with van der Waals surface area (Å²) >= 11 is 12.7. The van der Waals surface area contributed by atoms with E-state index in [4.69, 9.17) is 23.2 Å². The maximum Gasteiger partial charge on any atom is 0.264 e. The van der Waals surface area contributed by atoms with Gasteiger partial charge in [-0.3, -0.25) is 13.9 Å². The van der Waals surface area contributed by atoms with Crippen molar-refractivity contribution in [3.8, 4) is 0 Å². The number of aryl methyl sites for hydroxylation is 1. The minimum atomic E-state index is -4.23. The number of anilines is 1. The fourth-order valence-electron chi connectivity index (χ4n) is 4.20. The van der Waals surface area contributed by atoms with Crippen LogP contribution in [0.1, 0.15) is 37.8 Å². The molecule has 0 aliphatic rings. The summed E-state index contributed by atoms with van der Waals surface area (Å²) in [5, 5.41) is 3.25. The molecule has 0 heterocycles. The Balaban J connectivity index is 2.08. The van der Waals surface area contributed by atoms with Gasteiger partial charge < -0.3 is 10.2 Å². The van der Waals surface area contributed by atoms with E-state index in [1.807, 2.05) is 45.0 Å². The first kappa shape index (κ1) is 30.5. The average molecular weight is 591 g/mol. The van der Waals surface area contributed by atoms with Gasteiger partial charge in [0.25, 0.3) is 10.0 Å². The predicted octanol–water partition coefficient (Wildman–Crippen LogP) is 5.83. The molecule has 0 fully saturated rings. The lowest BCUT2D eigenvalue weighted by Crippen LogP contribution is -2.52. The summed E-state index contributed by atoms with van der Waals surface area (Å²) < 4.78 is 28.6. The molecule has 2 amide bonds. The molecule has 0 bridgehead atoms. The number of nitrogens with one attached hydrogen (secondary N) is 1. The second-order valence-electron chi connectivity index (χ2n) is 9.15. The van der Waals surface area contributed by atoms with Gasteiger partial charge in [-0.25, -0.2) is 8.42 Å². The lowest BCUT2D eigenvalue weighted by atomic mass is 10.1. The Morgan fingerprint density at radius 2 is 1.67 bits per heavy atom. The highest BCUT2D eigenvalue weighted by Gasteiger charge is 2.34. The largest absolute Gasteiger partial charge is 0.354 e. The highest BCUT2D eigenvalue weighted by molar-refractivity contribution is 7.92. The first-order valence-electron chi connectivity index (χ1n) is 12.7. The minimum absolute atomic E-state index is 0.00759. The highest BCUT2D eigenvalue weighted by Crippen LogP contribution is 2.33. The topological polar surface area (TPSA) is 86.8 Å². The number of benzene rings is 3. The molecule has 7 nitrogen and oxygen atoms in total. The molecule has 39 heavy (non-hydrogen) atoms. The molecule has 3 rings (SSSR count). The number of hydrogen-bond donors (Lipinski definition) is 1. The zero-order chi connectivity index (χ0) is 28.6. The smallest absolute Gasteiger partial charge is 0.264 e. The molecule has 1 N–H and O–H groups in total. The Kier molecular flexibility index (Phi) is 10.8. The number of carbonyl (C=O) groups excluding carboxylic acids is 2. The predicted molar refractivity (Wildman–Crippen MR) is 157 cm³/mol. The molecule has 0 aliphatic heterocycles. The van der Waals surface area contributed by atoms with Crippen LogP contribution in [-0.2, 0) is 26.2 Å². The fourth-order valence-corrected chi connectivity index (χ4v) is 6.08. The van der Waals surface area contributed by atoms with Crippen LogP contribution in [0.3, 0.4) is 0 Å². The van der Waals surface area contributed by atoms with Gasteiger partial charge in [0.15, 0.2) is 0 Å².